The molecule has 3 aromatic rings. The average molecular weight is 403 g/mol. The van der Waals surface area contributed by atoms with Crippen LogP contribution in [-0.4, -0.2) is 16.5 Å². The predicted octanol–water partition coefficient (Wildman–Crippen LogP) is 6.19. The minimum absolute atomic E-state index is 0.414. The van der Waals surface area contributed by atoms with Crippen LogP contribution in [0.3, 0.4) is 0 Å². The standard InChI is InChI=1S/C24H23ClN4/c25-17-4-3-5-18(12-17)26-22-13-23(28-24(27-22)15-8-9-15)29-14-16-10-11-21(29)20-7-2-1-6-19(16)20/h1-7,12-13,15-16,21H,8-11,14H2,(H,26,27,28)/t16-,21+/m1/s1. The third-order valence-corrected chi connectivity index (χ3v) is 6.68. The van der Waals surface area contributed by atoms with E-state index >= 15 is 0 Å². The number of nitrogens with one attached hydrogen (secondary N) is 1. The Morgan fingerprint density at radius 2 is 1.69 bits per heavy atom. The lowest BCUT2D eigenvalue weighted by molar-refractivity contribution is 0.387. The van der Waals surface area contributed by atoms with Gasteiger partial charge in [0.05, 0.1) is 6.04 Å². The van der Waals surface area contributed by atoms with Crippen LogP contribution in [0.4, 0.5) is 17.3 Å². The summed E-state index contributed by atoms with van der Waals surface area (Å²) < 4.78 is 0. The van der Waals surface area contributed by atoms with Crippen LogP contribution in [0.25, 0.3) is 0 Å². The molecule has 2 atom stereocenters. The van der Waals surface area contributed by atoms with Gasteiger partial charge in [0.2, 0.25) is 0 Å². The summed E-state index contributed by atoms with van der Waals surface area (Å²) in [6.07, 6.45) is 4.84. The molecule has 0 spiro atoms. The van der Waals surface area contributed by atoms with Gasteiger partial charge < -0.3 is 10.2 Å². The van der Waals surface area contributed by atoms with Crippen LogP contribution in [-0.2, 0) is 0 Å². The fourth-order valence-corrected chi connectivity index (χ4v) is 5.08. The lowest BCUT2D eigenvalue weighted by Gasteiger charge is -2.47. The molecule has 1 saturated heterocycles. The summed E-state index contributed by atoms with van der Waals surface area (Å²) in [5, 5.41) is 4.17. The molecule has 29 heavy (non-hydrogen) atoms. The smallest absolute Gasteiger partial charge is 0.136 e. The zero-order chi connectivity index (χ0) is 19.4. The Labute approximate surface area is 175 Å². The first kappa shape index (κ1) is 17.3. The summed E-state index contributed by atoms with van der Waals surface area (Å²) >= 11 is 6.17. The van der Waals surface area contributed by atoms with Crippen LogP contribution >= 0.6 is 11.6 Å². The van der Waals surface area contributed by atoms with E-state index in [-0.39, 0.29) is 0 Å². The minimum Gasteiger partial charge on any atom is -0.349 e. The molecule has 4 aliphatic rings. The molecule has 0 radical (unpaired) electrons. The zero-order valence-electron chi connectivity index (χ0n) is 16.2. The lowest BCUT2D eigenvalue weighted by atomic mass is 9.75. The molecule has 3 heterocycles. The van der Waals surface area contributed by atoms with Gasteiger partial charge in [0.1, 0.15) is 17.5 Å². The maximum Gasteiger partial charge on any atom is 0.136 e. The summed E-state index contributed by atoms with van der Waals surface area (Å²) in [7, 11) is 0. The summed E-state index contributed by atoms with van der Waals surface area (Å²) in [5.74, 6) is 3.98. The molecule has 1 N–H and O–H groups in total. The molecular formula is C24H23ClN4. The van der Waals surface area contributed by atoms with Gasteiger partial charge in [-0.2, -0.15) is 0 Å². The molecule has 2 fully saturated rings. The van der Waals surface area contributed by atoms with Crippen LogP contribution in [0, 0.1) is 0 Å². The molecular weight excluding hydrogens is 380 g/mol. The van der Waals surface area contributed by atoms with E-state index in [1.165, 1.54) is 36.8 Å². The number of piperidine rings is 1. The molecule has 2 aliphatic carbocycles. The van der Waals surface area contributed by atoms with Crippen molar-refractivity contribution >= 4 is 28.9 Å². The summed E-state index contributed by atoms with van der Waals surface area (Å²) in [6.45, 7) is 1.04. The Morgan fingerprint density at radius 3 is 2.52 bits per heavy atom. The van der Waals surface area contributed by atoms with Crippen molar-refractivity contribution in [2.75, 3.05) is 16.8 Å². The Bertz CT molecular complexity index is 1080. The van der Waals surface area contributed by atoms with Gasteiger partial charge in [0, 0.05) is 35.2 Å². The molecule has 2 bridgehead atoms. The van der Waals surface area contributed by atoms with E-state index in [0.29, 0.717) is 17.9 Å². The summed E-state index contributed by atoms with van der Waals surface area (Å²) in [5.41, 5.74) is 3.97. The van der Waals surface area contributed by atoms with E-state index in [0.717, 1.165) is 34.7 Å². The minimum atomic E-state index is 0.414. The number of hydrogen-bond donors (Lipinski definition) is 1. The Balaban J connectivity index is 1.38. The highest BCUT2D eigenvalue weighted by Gasteiger charge is 2.39. The highest BCUT2D eigenvalue weighted by molar-refractivity contribution is 6.30. The highest BCUT2D eigenvalue weighted by Crippen LogP contribution is 2.48. The van der Waals surface area contributed by atoms with E-state index in [9.17, 15) is 0 Å². The molecule has 146 valence electrons. The number of anilines is 3. The second-order valence-electron chi connectivity index (χ2n) is 8.45. The summed E-state index contributed by atoms with van der Waals surface area (Å²) in [4.78, 5) is 12.4. The number of nitrogens with zero attached hydrogens (tertiary/aromatic N) is 3. The van der Waals surface area contributed by atoms with Gasteiger partial charge in [-0.25, -0.2) is 9.97 Å². The zero-order valence-corrected chi connectivity index (χ0v) is 16.9. The van der Waals surface area contributed by atoms with Crippen molar-refractivity contribution in [3.63, 3.8) is 0 Å². The third kappa shape index (κ3) is 3.16. The van der Waals surface area contributed by atoms with E-state index in [4.69, 9.17) is 21.6 Å². The molecule has 1 saturated carbocycles. The Hall–Kier alpha value is -2.59. The average Bonchev–Trinajstić information content (AvgIpc) is 3.60. The summed E-state index contributed by atoms with van der Waals surface area (Å²) in [6, 6.07) is 19.3. The van der Waals surface area contributed by atoms with Gasteiger partial charge in [-0.05, 0) is 55.0 Å². The third-order valence-electron chi connectivity index (χ3n) is 6.44. The Morgan fingerprint density at radius 1 is 0.862 bits per heavy atom. The van der Waals surface area contributed by atoms with Gasteiger partial charge in [-0.1, -0.05) is 41.9 Å². The molecule has 7 rings (SSSR count). The van der Waals surface area contributed by atoms with Crippen LogP contribution < -0.4 is 10.2 Å². The number of aromatic nitrogens is 2. The molecule has 2 aromatic carbocycles. The number of fused-ring (bicyclic) bond motifs is 2. The molecule has 1 aromatic heterocycles. The fourth-order valence-electron chi connectivity index (χ4n) is 4.89. The molecule has 0 amide bonds. The highest BCUT2D eigenvalue weighted by atomic mass is 35.5. The van der Waals surface area contributed by atoms with Crippen molar-refractivity contribution in [1.82, 2.24) is 9.97 Å². The molecule has 0 unspecified atom stereocenters. The van der Waals surface area contributed by atoms with Crippen LogP contribution in [0.1, 0.15) is 60.5 Å². The SMILES string of the molecule is Clc1cccc(Nc2cc(N3C[C@H]4CC[C@H]3c3ccccc34)nc(C3CC3)n2)c1. The predicted molar refractivity (Wildman–Crippen MR) is 117 cm³/mol. The van der Waals surface area contributed by atoms with E-state index in [1.54, 1.807) is 0 Å². The van der Waals surface area contributed by atoms with Gasteiger partial charge in [-0.15, -0.1) is 0 Å². The van der Waals surface area contributed by atoms with Crippen molar-refractivity contribution in [2.24, 2.45) is 0 Å². The van der Waals surface area contributed by atoms with Crippen molar-refractivity contribution in [3.05, 3.63) is 76.6 Å². The van der Waals surface area contributed by atoms with Crippen LogP contribution in [0.2, 0.25) is 5.02 Å². The first-order valence-corrected chi connectivity index (χ1v) is 10.9. The quantitative estimate of drug-likeness (QED) is 0.564. The van der Waals surface area contributed by atoms with Gasteiger partial charge in [0.15, 0.2) is 0 Å². The van der Waals surface area contributed by atoms with Crippen LogP contribution in [0.15, 0.2) is 54.6 Å². The van der Waals surface area contributed by atoms with Gasteiger partial charge >= 0.3 is 0 Å². The fraction of sp³-hybridized carbons (Fsp3) is 0.333. The first-order valence-electron chi connectivity index (χ1n) is 10.5. The molecule has 5 heteroatoms. The largest absolute Gasteiger partial charge is 0.349 e. The maximum absolute atomic E-state index is 6.17. The van der Waals surface area contributed by atoms with Crippen molar-refractivity contribution in [1.29, 1.82) is 0 Å². The number of hydrogen-bond acceptors (Lipinski definition) is 4. The maximum atomic E-state index is 6.17. The van der Waals surface area contributed by atoms with Gasteiger partial charge in [-0.3, -0.25) is 0 Å². The van der Waals surface area contributed by atoms with Crippen molar-refractivity contribution < 1.29 is 0 Å². The second-order valence-corrected chi connectivity index (χ2v) is 8.89. The van der Waals surface area contributed by atoms with E-state index < -0.39 is 0 Å². The van der Waals surface area contributed by atoms with Crippen molar-refractivity contribution in [3.8, 4) is 0 Å². The van der Waals surface area contributed by atoms with Crippen molar-refractivity contribution in [2.45, 2.75) is 43.6 Å². The van der Waals surface area contributed by atoms with Gasteiger partial charge in [0.25, 0.3) is 0 Å². The number of benzene rings is 2. The lowest BCUT2D eigenvalue weighted by Crippen LogP contribution is -2.43. The van der Waals surface area contributed by atoms with E-state index in [2.05, 4.69) is 40.5 Å². The van der Waals surface area contributed by atoms with E-state index in [1.807, 2.05) is 24.3 Å². The molecule has 2 aliphatic heterocycles. The Kier molecular flexibility index (Phi) is 4.01. The topological polar surface area (TPSA) is 41.0 Å². The molecule has 4 nitrogen and oxygen atoms in total. The normalized spacial score (nSPS) is 22.4. The van der Waals surface area contributed by atoms with Crippen LogP contribution in [0.5, 0.6) is 0 Å². The second kappa shape index (κ2) is 6.74. The number of rotatable bonds is 4. The monoisotopic (exact) mass is 402 g/mol. The number of halogens is 1. The first-order chi connectivity index (χ1) is 14.2.